The molecule has 2 N–H and O–H groups in total. The third-order valence-corrected chi connectivity index (χ3v) is 1.40. The van der Waals surface area contributed by atoms with Gasteiger partial charge in [0.25, 0.3) is 0 Å². The molecule has 0 saturated heterocycles. The molecule has 0 aliphatic heterocycles. The Hall–Kier alpha value is -0.350. The molecule has 0 fully saturated rings. The molecule has 11 heavy (non-hydrogen) atoms. The molecule has 0 rings (SSSR count). The minimum atomic E-state index is 0.0534. The second kappa shape index (κ2) is 6.37. The van der Waals surface area contributed by atoms with Crippen LogP contribution in [0.25, 0.3) is 0 Å². The van der Waals surface area contributed by atoms with Crippen molar-refractivity contribution in [2.24, 2.45) is 0 Å². The highest BCUT2D eigenvalue weighted by molar-refractivity contribution is 9.11. The van der Waals surface area contributed by atoms with E-state index < -0.39 is 0 Å². The van der Waals surface area contributed by atoms with E-state index in [0.717, 1.165) is 4.48 Å². The SMILES string of the molecule is C=C(Br)CNCCC(=O)NC. The smallest absolute Gasteiger partial charge is 0.221 e. The van der Waals surface area contributed by atoms with Crippen molar-refractivity contribution in [2.75, 3.05) is 20.1 Å². The first-order valence-electron chi connectivity index (χ1n) is 3.41. The van der Waals surface area contributed by atoms with Gasteiger partial charge in [-0.3, -0.25) is 4.79 Å². The summed E-state index contributed by atoms with van der Waals surface area (Å²) in [4.78, 5) is 10.7. The molecule has 1 amide bonds. The van der Waals surface area contributed by atoms with Gasteiger partial charge in [0.2, 0.25) is 5.91 Å². The van der Waals surface area contributed by atoms with Crippen molar-refractivity contribution in [3.8, 4) is 0 Å². The number of nitrogens with one attached hydrogen (secondary N) is 2. The van der Waals surface area contributed by atoms with Gasteiger partial charge in [-0.15, -0.1) is 0 Å². The first-order chi connectivity index (χ1) is 5.16. The highest BCUT2D eigenvalue weighted by Crippen LogP contribution is 1.96. The van der Waals surface area contributed by atoms with Crippen LogP contribution < -0.4 is 10.6 Å². The van der Waals surface area contributed by atoms with Crippen LogP contribution >= 0.6 is 15.9 Å². The largest absolute Gasteiger partial charge is 0.359 e. The van der Waals surface area contributed by atoms with Crippen LogP contribution in [-0.2, 0) is 4.79 Å². The van der Waals surface area contributed by atoms with Gasteiger partial charge in [0.05, 0.1) is 0 Å². The van der Waals surface area contributed by atoms with E-state index in [9.17, 15) is 4.79 Å². The van der Waals surface area contributed by atoms with Crippen molar-refractivity contribution < 1.29 is 4.79 Å². The summed E-state index contributed by atoms with van der Waals surface area (Å²) in [6.45, 7) is 5.04. The molecule has 3 nitrogen and oxygen atoms in total. The molecule has 0 aromatic rings. The summed E-state index contributed by atoms with van der Waals surface area (Å²) < 4.78 is 0.898. The molecule has 0 aliphatic rings. The average molecular weight is 221 g/mol. The third kappa shape index (κ3) is 7.55. The summed E-state index contributed by atoms with van der Waals surface area (Å²) in [5.74, 6) is 0.0534. The lowest BCUT2D eigenvalue weighted by Gasteiger charge is -2.01. The Balaban J connectivity index is 3.14. The molecule has 0 aliphatic carbocycles. The van der Waals surface area contributed by atoms with Gasteiger partial charge < -0.3 is 10.6 Å². The zero-order valence-corrected chi connectivity index (χ0v) is 8.20. The third-order valence-electron chi connectivity index (χ3n) is 1.12. The number of carbonyl (C=O) groups excluding carboxylic acids is 1. The molecule has 64 valence electrons. The van der Waals surface area contributed by atoms with Gasteiger partial charge in [0, 0.05) is 31.0 Å². The molecule has 0 unspecified atom stereocenters. The fourth-order valence-corrected chi connectivity index (χ4v) is 0.749. The molecule has 0 radical (unpaired) electrons. The zero-order chi connectivity index (χ0) is 8.69. The molecular formula is C7H13BrN2O. The van der Waals surface area contributed by atoms with Gasteiger partial charge in [0.15, 0.2) is 0 Å². The lowest BCUT2D eigenvalue weighted by atomic mass is 10.4. The first-order valence-corrected chi connectivity index (χ1v) is 4.20. The van der Waals surface area contributed by atoms with Gasteiger partial charge in [0.1, 0.15) is 0 Å². The van der Waals surface area contributed by atoms with Gasteiger partial charge in [-0.1, -0.05) is 22.5 Å². The summed E-state index contributed by atoms with van der Waals surface area (Å²) in [6.07, 6.45) is 0.511. The van der Waals surface area contributed by atoms with E-state index in [1.54, 1.807) is 7.05 Å². The fraction of sp³-hybridized carbons (Fsp3) is 0.571. The van der Waals surface area contributed by atoms with E-state index in [1.165, 1.54) is 0 Å². The topological polar surface area (TPSA) is 41.1 Å². The maximum atomic E-state index is 10.7. The summed E-state index contributed by atoms with van der Waals surface area (Å²) >= 11 is 3.20. The highest BCUT2D eigenvalue weighted by Gasteiger charge is 1.95. The van der Waals surface area contributed by atoms with Crippen molar-refractivity contribution in [1.29, 1.82) is 0 Å². The van der Waals surface area contributed by atoms with E-state index in [4.69, 9.17) is 0 Å². The molecular weight excluding hydrogens is 208 g/mol. The van der Waals surface area contributed by atoms with E-state index >= 15 is 0 Å². The maximum Gasteiger partial charge on any atom is 0.221 e. The summed E-state index contributed by atoms with van der Waals surface area (Å²) in [6, 6.07) is 0. The lowest BCUT2D eigenvalue weighted by molar-refractivity contribution is -0.120. The number of hydrogen-bond acceptors (Lipinski definition) is 2. The monoisotopic (exact) mass is 220 g/mol. The zero-order valence-electron chi connectivity index (χ0n) is 6.61. The summed E-state index contributed by atoms with van der Waals surface area (Å²) in [5.41, 5.74) is 0. The Morgan fingerprint density at radius 3 is 2.73 bits per heavy atom. The molecule has 0 spiro atoms. The first kappa shape index (κ1) is 10.7. The summed E-state index contributed by atoms with van der Waals surface area (Å²) in [5, 5.41) is 5.58. The highest BCUT2D eigenvalue weighted by atomic mass is 79.9. The average Bonchev–Trinajstić information content (AvgIpc) is 1.97. The summed E-state index contributed by atoms with van der Waals surface area (Å²) in [7, 11) is 1.63. The number of rotatable bonds is 5. The molecule has 0 atom stereocenters. The van der Waals surface area contributed by atoms with Crippen LogP contribution in [0.4, 0.5) is 0 Å². The second-order valence-corrected chi connectivity index (χ2v) is 3.24. The Morgan fingerprint density at radius 2 is 2.27 bits per heavy atom. The second-order valence-electron chi connectivity index (χ2n) is 2.12. The Bertz CT molecular complexity index is 147. The standard InChI is InChI=1S/C7H13BrN2O/c1-6(8)5-10-4-3-7(11)9-2/h10H,1,3-5H2,2H3,(H,9,11). The van der Waals surface area contributed by atoms with Crippen LogP contribution in [0.2, 0.25) is 0 Å². The van der Waals surface area contributed by atoms with Crippen LogP contribution in [0.1, 0.15) is 6.42 Å². The Kier molecular flexibility index (Phi) is 6.16. The fourth-order valence-electron chi connectivity index (χ4n) is 0.551. The number of amides is 1. The molecule has 0 aromatic heterocycles. The van der Waals surface area contributed by atoms with Crippen LogP contribution in [0, 0.1) is 0 Å². The predicted molar refractivity (Wildman–Crippen MR) is 49.6 cm³/mol. The maximum absolute atomic E-state index is 10.7. The minimum Gasteiger partial charge on any atom is -0.359 e. The molecule has 0 aromatic carbocycles. The van der Waals surface area contributed by atoms with Crippen LogP contribution in [0.5, 0.6) is 0 Å². The van der Waals surface area contributed by atoms with Crippen molar-refractivity contribution in [1.82, 2.24) is 10.6 Å². The minimum absolute atomic E-state index is 0.0534. The van der Waals surface area contributed by atoms with Crippen molar-refractivity contribution in [3.63, 3.8) is 0 Å². The van der Waals surface area contributed by atoms with Crippen LogP contribution in [0.15, 0.2) is 11.1 Å². The van der Waals surface area contributed by atoms with Crippen LogP contribution in [0.3, 0.4) is 0 Å². The Labute approximate surface area is 75.4 Å². The van der Waals surface area contributed by atoms with Crippen molar-refractivity contribution in [2.45, 2.75) is 6.42 Å². The molecule has 0 bridgehead atoms. The van der Waals surface area contributed by atoms with E-state index in [1.807, 2.05) is 0 Å². The predicted octanol–water partition coefficient (Wildman–Crippen LogP) is 0.621. The van der Waals surface area contributed by atoms with E-state index in [0.29, 0.717) is 19.5 Å². The Morgan fingerprint density at radius 1 is 1.64 bits per heavy atom. The molecule has 4 heteroatoms. The van der Waals surface area contributed by atoms with Crippen LogP contribution in [-0.4, -0.2) is 26.0 Å². The lowest BCUT2D eigenvalue weighted by Crippen LogP contribution is -2.25. The quantitative estimate of drug-likeness (QED) is 0.668. The van der Waals surface area contributed by atoms with Gasteiger partial charge >= 0.3 is 0 Å². The van der Waals surface area contributed by atoms with Crippen molar-refractivity contribution in [3.05, 3.63) is 11.1 Å². The van der Waals surface area contributed by atoms with Gasteiger partial charge in [-0.05, 0) is 0 Å². The van der Waals surface area contributed by atoms with Crippen molar-refractivity contribution >= 4 is 21.8 Å². The normalized spacial score (nSPS) is 9.27. The molecule has 0 heterocycles. The number of hydrogen-bond donors (Lipinski definition) is 2. The number of halogens is 1. The number of carbonyl (C=O) groups is 1. The molecule has 0 saturated carbocycles. The van der Waals surface area contributed by atoms with Gasteiger partial charge in [-0.2, -0.15) is 0 Å². The van der Waals surface area contributed by atoms with Gasteiger partial charge in [-0.25, -0.2) is 0 Å². The van der Waals surface area contributed by atoms with E-state index in [2.05, 4.69) is 33.1 Å². The van der Waals surface area contributed by atoms with E-state index in [-0.39, 0.29) is 5.91 Å².